The Morgan fingerprint density at radius 2 is 2.13 bits per heavy atom. The summed E-state index contributed by atoms with van der Waals surface area (Å²) in [7, 11) is 1.58. The van der Waals surface area contributed by atoms with Crippen molar-refractivity contribution in [3.05, 3.63) is 46.7 Å². The van der Waals surface area contributed by atoms with Gasteiger partial charge in [0.15, 0.2) is 5.82 Å². The molecule has 1 N–H and O–H groups in total. The van der Waals surface area contributed by atoms with Gasteiger partial charge in [-0.1, -0.05) is 6.92 Å². The largest absolute Gasteiger partial charge is 0.494 e. The molecule has 5 rings (SSSR count). The van der Waals surface area contributed by atoms with Gasteiger partial charge in [0.1, 0.15) is 17.0 Å². The third kappa shape index (κ3) is 3.26. The third-order valence-electron chi connectivity index (χ3n) is 6.27. The Hall–Kier alpha value is -2.51. The van der Waals surface area contributed by atoms with Gasteiger partial charge >= 0.3 is 0 Å². The van der Waals surface area contributed by atoms with Crippen LogP contribution in [0.5, 0.6) is 5.75 Å². The van der Waals surface area contributed by atoms with Crippen molar-refractivity contribution in [1.82, 2.24) is 20.1 Å². The summed E-state index contributed by atoms with van der Waals surface area (Å²) in [6.07, 6.45) is 5.37. The Labute approximate surface area is 175 Å². The minimum Gasteiger partial charge on any atom is -0.494 e. The second-order valence-corrected chi connectivity index (χ2v) is 8.05. The number of fused-ring (bicyclic) bond motifs is 2. The van der Waals surface area contributed by atoms with Gasteiger partial charge in [0.05, 0.1) is 12.8 Å². The number of aryl methyl sites for hydroxylation is 1. The van der Waals surface area contributed by atoms with Gasteiger partial charge in [-0.25, -0.2) is 14.1 Å². The van der Waals surface area contributed by atoms with E-state index in [2.05, 4.69) is 28.4 Å². The van der Waals surface area contributed by atoms with E-state index in [9.17, 15) is 0 Å². The zero-order valence-corrected chi connectivity index (χ0v) is 17.5. The summed E-state index contributed by atoms with van der Waals surface area (Å²) in [5.74, 6) is 0.445. The van der Waals surface area contributed by atoms with Gasteiger partial charge in [0, 0.05) is 55.6 Å². The summed E-state index contributed by atoms with van der Waals surface area (Å²) in [4.78, 5) is 4.68. The number of aromatic nitrogens is 3. The molecule has 30 heavy (non-hydrogen) atoms. The quantitative estimate of drug-likeness (QED) is 0.711. The van der Waals surface area contributed by atoms with Crippen LogP contribution in [0.2, 0.25) is 0 Å². The highest BCUT2D eigenvalue weighted by Crippen LogP contribution is 2.38. The molecule has 3 aromatic rings. The van der Waals surface area contributed by atoms with Gasteiger partial charge < -0.3 is 14.8 Å². The van der Waals surface area contributed by atoms with Crippen molar-refractivity contribution in [2.75, 3.05) is 26.9 Å². The fourth-order valence-corrected chi connectivity index (χ4v) is 4.61. The standard InChI is InChI=1S/C23H27FN4O2/c1-3-16-10-17(14-5-8-30-9-6-14)18-11-20(29-2)23(21(24)22(18)26-16)28-13-15-12-25-7-4-19(15)27-28/h10-11,13-14,25H,3-9,12H2,1-2H3. The van der Waals surface area contributed by atoms with E-state index in [0.717, 1.165) is 79.9 Å². The number of pyridine rings is 1. The Morgan fingerprint density at radius 1 is 1.30 bits per heavy atom. The number of nitrogens with zero attached hydrogens (tertiary/aromatic N) is 3. The van der Waals surface area contributed by atoms with Crippen LogP contribution in [0.3, 0.4) is 0 Å². The molecule has 1 aromatic carbocycles. The van der Waals surface area contributed by atoms with Crippen molar-refractivity contribution in [3.8, 4) is 11.4 Å². The van der Waals surface area contributed by atoms with Crippen molar-refractivity contribution < 1.29 is 13.9 Å². The highest BCUT2D eigenvalue weighted by molar-refractivity contribution is 5.88. The molecule has 1 saturated heterocycles. The average Bonchev–Trinajstić information content (AvgIpc) is 3.22. The number of nitrogens with one attached hydrogen (secondary N) is 1. The van der Waals surface area contributed by atoms with E-state index in [0.29, 0.717) is 22.9 Å². The zero-order chi connectivity index (χ0) is 20.7. The van der Waals surface area contributed by atoms with Crippen LogP contribution in [0.1, 0.15) is 48.2 Å². The van der Waals surface area contributed by atoms with Crippen LogP contribution in [-0.2, 0) is 24.1 Å². The molecule has 2 aliphatic rings. The first kappa shape index (κ1) is 19.5. The van der Waals surface area contributed by atoms with Crippen LogP contribution in [0.15, 0.2) is 18.3 Å². The van der Waals surface area contributed by atoms with Crippen LogP contribution >= 0.6 is 0 Å². The van der Waals surface area contributed by atoms with Crippen molar-refractivity contribution >= 4 is 10.9 Å². The third-order valence-corrected chi connectivity index (χ3v) is 6.27. The molecule has 2 aliphatic heterocycles. The van der Waals surface area contributed by atoms with E-state index in [1.54, 1.807) is 11.8 Å². The number of methoxy groups -OCH3 is 1. The fraction of sp³-hybridized carbons (Fsp3) is 0.478. The smallest absolute Gasteiger partial charge is 0.178 e. The molecule has 0 unspecified atom stereocenters. The first-order valence-electron chi connectivity index (χ1n) is 10.8. The van der Waals surface area contributed by atoms with Gasteiger partial charge in [-0.2, -0.15) is 5.10 Å². The molecule has 0 radical (unpaired) electrons. The van der Waals surface area contributed by atoms with Crippen LogP contribution in [0.25, 0.3) is 16.6 Å². The van der Waals surface area contributed by atoms with Gasteiger partial charge in [-0.3, -0.25) is 0 Å². The Balaban J connectivity index is 1.72. The number of hydrogen-bond donors (Lipinski definition) is 1. The molecule has 0 saturated carbocycles. The van der Waals surface area contributed by atoms with E-state index in [1.165, 1.54) is 0 Å². The SMILES string of the molecule is CCc1cc(C2CCOCC2)c2cc(OC)c(-n3cc4c(n3)CCNC4)c(F)c2n1. The second-order valence-electron chi connectivity index (χ2n) is 8.05. The molecular formula is C23H27FN4O2. The summed E-state index contributed by atoms with van der Waals surface area (Å²) >= 11 is 0. The lowest BCUT2D eigenvalue weighted by Gasteiger charge is -2.25. The minimum atomic E-state index is -0.374. The summed E-state index contributed by atoms with van der Waals surface area (Å²) < 4.78 is 28.8. The molecule has 158 valence electrons. The molecule has 4 heterocycles. The fourth-order valence-electron chi connectivity index (χ4n) is 4.61. The van der Waals surface area contributed by atoms with Gasteiger partial charge in [0.25, 0.3) is 0 Å². The predicted molar refractivity (Wildman–Crippen MR) is 113 cm³/mol. The van der Waals surface area contributed by atoms with Crippen molar-refractivity contribution in [2.45, 2.75) is 45.1 Å². The van der Waals surface area contributed by atoms with Gasteiger partial charge in [-0.15, -0.1) is 0 Å². The van der Waals surface area contributed by atoms with Crippen LogP contribution < -0.4 is 10.1 Å². The molecule has 0 spiro atoms. The van der Waals surface area contributed by atoms with E-state index >= 15 is 4.39 Å². The molecule has 0 bridgehead atoms. The molecule has 2 aromatic heterocycles. The monoisotopic (exact) mass is 410 g/mol. The van der Waals surface area contributed by atoms with Gasteiger partial charge in [-0.05, 0) is 42.9 Å². The topological polar surface area (TPSA) is 61.2 Å². The highest BCUT2D eigenvalue weighted by atomic mass is 19.1. The van der Waals surface area contributed by atoms with E-state index in [1.807, 2.05) is 12.3 Å². The van der Waals surface area contributed by atoms with E-state index < -0.39 is 0 Å². The van der Waals surface area contributed by atoms with Crippen molar-refractivity contribution in [1.29, 1.82) is 0 Å². The molecular weight excluding hydrogens is 383 g/mol. The highest BCUT2D eigenvalue weighted by Gasteiger charge is 2.25. The summed E-state index contributed by atoms with van der Waals surface area (Å²) in [5, 5.41) is 8.83. The second kappa shape index (κ2) is 7.96. The van der Waals surface area contributed by atoms with Gasteiger partial charge in [0.2, 0.25) is 0 Å². The molecule has 0 amide bonds. The maximum Gasteiger partial charge on any atom is 0.178 e. The lowest BCUT2D eigenvalue weighted by molar-refractivity contribution is 0.0856. The molecule has 6 nitrogen and oxygen atoms in total. The summed E-state index contributed by atoms with van der Waals surface area (Å²) in [6, 6.07) is 4.07. The Kier molecular flexibility index (Phi) is 5.16. The predicted octanol–water partition coefficient (Wildman–Crippen LogP) is 3.67. The van der Waals surface area contributed by atoms with Crippen LogP contribution in [0.4, 0.5) is 4.39 Å². The lowest BCUT2D eigenvalue weighted by atomic mass is 9.88. The van der Waals surface area contributed by atoms with Crippen LogP contribution in [0, 0.1) is 5.82 Å². The van der Waals surface area contributed by atoms with Crippen molar-refractivity contribution in [3.63, 3.8) is 0 Å². The van der Waals surface area contributed by atoms with Crippen molar-refractivity contribution in [2.24, 2.45) is 0 Å². The molecule has 0 aliphatic carbocycles. The normalized spacial score (nSPS) is 17.3. The number of ether oxygens (including phenoxy) is 2. The number of halogens is 1. The molecule has 1 fully saturated rings. The summed E-state index contributed by atoms with van der Waals surface area (Å²) in [5.41, 5.74) is 4.89. The zero-order valence-electron chi connectivity index (χ0n) is 17.5. The average molecular weight is 410 g/mol. The number of hydrogen-bond acceptors (Lipinski definition) is 5. The maximum atomic E-state index is 16.0. The lowest BCUT2D eigenvalue weighted by Crippen LogP contribution is -2.22. The van der Waals surface area contributed by atoms with E-state index in [-0.39, 0.29) is 5.82 Å². The maximum absolute atomic E-state index is 16.0. The first-order chi connectivity index (χ1) is 14.7. The van der Waals surface area contributed by atoms with E-state index in [4.69, 9.17) is 9.47 Å². The molecule has 0 atom stereocenters. The number of benzene rings is 1. The Morgan fingerprint density at radius 3 is 2.87 bits per heavy atom. The first-order valence-corrected chi connectivity index (χ1v) is 10.8. The molecule has 7 heteroatoms. The Bertz CT molecular complexity index is 1070. The number of rotatable bonds is 4. The van der Waals surface area contributed by atoms with Crippen LogP contribution in [-0.4, -0.2) is 41.6 Å². The summed E-state index contributed by atoms with van der Waals surface area (Å²) in [6.45, 7) is 5.16. The minimum absolute atomic E-state index is 0.332.